The van der Waals surface area contributed by atoms with Crippen LogP contribution in [-0.2, 0) is 0 Å². The molecule has 0 saturated heterocycles. The molecule has 0 fully saturated rings. The Morgan fingerprint density at radius 2 is 1.94 bits per heavy atom. The number of hydrogen-bond acceptors (Lipinski definition) is 3. The van der Waals surface area contributed by atoms with Crippen molar-refractivity contribution < 1.29 is 15.0 Å². The second-order valence-electron chi connectivity index (χ2n) is 4.18. The van der Waals surface area contributed by atoms with Gasteiger partial charge in [-0.3, -0.25) is 4.79 Å². The number of unbranched alkanes of at least 4 members (excludes halogenated alkanes) is 2. The van der Waals surface area contributed by atoms with Gasteiger partial charge in [0, 0.05) is 24.5 Å². The fourth-order valence-electron chi connectivity index (χ4n) is 1.60. The molecule has 0 aromatic heterocycles. The van der Waals surface area contributed by atoms with Crippen LogP contribution in [0.15, 0.2) is 18.2 Å². The summed E-state index contributed by atoms with van der Waals surface area (Å²) in [6.07, 6.45) is 3.13. The van der Waals surface area contributed by atoms with Crippen LogP contribution >= 0.6 is 15.9 Å². The van der Waals surface area contributed by atoms with E-state index in [1.165, 1.54) is 18.2 Å². The highest BCUT2D eigenvalue weighted by molar-refractivity contribution is 9.09. The molecule has 0 radical (unpaired) electrons. The third-order valence-electron chi connectivity index (χ3n) is 2.70. The molecule has 1 aromatic rings. The van der Waals surface area contributed by atoms with Crippen molar-refractivity contribution in [2.24, 2.45) is 0 Å². The van der Waals surface area contributed by atoms with Gasteiger partial charge >= 0.3 is 0 Å². The topological polar surface area (TPSA) is 60.8 Å². The summed E-state index contributed by atoms with van der Waals surface area (Å²) >= 11 is 3.36. The quantitative estimate of drug-likeness (QED) is 0.482. The van der Waals surface area contributed by atoms with Gasteiger partial charge < -0.3 is 15.1 Å². The number of aromatic hydroxyl groups is 2. The summed E-state index contributed by atoms with van der Waals surface area (Å²) in [7, 11) is 1.74. The molecule has 1 amide bonds. The largest absolute Gasteiger partial charge is 0.504 e. The predicted molar refractivity (Wildman–Crippen MR) is 74.4 cm³/mol. The Balaban J connectivity index is 2.54. The first-order chi connectivity index (χ1) is 8.56. The van der Waals surface area contributed by atoms with Gasteiger partial charge in [-0.25, -0.2) is 0 Å². The molecule has 2 N–H and O–H groups in total. The average Bonchev–Trinajstić information content (AvgIpc) is 2.37. The number of nitrogens with zero attached hydrogens (tertiary/aromatic N) is 1. The van der Waals surface area contributed by atoms with Gasteiger partial charge in [0.1, 0.15) is 0 Å². The van der Waals surface area contributed by atoms with Crippen LogP contribution in [0.2, 0.25) is 0 Å². The highest BCUT2D eigenvalue weighted by atomic mass is 79.9. The van der Waals surface area contributed by atoms with E-state index in [0.717, 1.165) is 24.6 Å². The van der Waals surface area contributed by atoms with Gasteiger partial charge in [-0.2, -0.15) is 0 Å². The van der Waals surface area contributed by atoms with Crippen molar-refractivity contribution >= 4 is 21.8 Å². The van der Waals surface area contributed by atoms with Crippen LogP contribution in [0.3, 0.4) is 0 Å². The summed E-state index contributed by atoms with van der Waals surface area (Å²) in [5.41, 5.74) is 0.383. The molecular weight excluding hydrogens is 298 g/mol. The monoisotopic (exact) mass is 315 g/mol. The zero-order valence-electron chi connectivity index (χ0n) is 10.4. The Morgan fingerprint density at radius 1 is 1.22 bits per heavy atom. The summed E-state index contributed by atoms with van der Waals surface area (Å²) < 4.78 is 0. The minimum absolute atomic E-state index is 0.149. The average molecular weight is 316 g/mol. The van der Waals surface area contributed by atoms with Crippen molar-refractivity contribution in [3.05, 3.63) is 23.8 Å². The third kappa shape index (κ3) is 4.22. The second-order valence-corrected chi connectivity index (χ2v) is 4.97. The number of carbonyl (C=O) groups excluding carboxylic acids is 1. The Bertz CT molecular complexity index is 409. The van der Waals surface area contributed by atoms with Crippen LogP contribution in [0, 0.1) is 0 Å². The standard InChI is InChI=1S/C13H18BrNO3/c1-15(8-4-2-3-7-14)13(18)10-5-6-11(16)12(17)9-10/h5-6,9,16-17H,2-4,7-8H2,1H3. The first-order valence-electron chi connectivity index (χ1n) is 5.89. The lowest BCUT2D eigenvalue weighted by atomic mass is 10.1. The smallest absolute Gasteiger partial charge is 0.253 e. The molecular formula is C13H18BrNO3. The van der Waals surface area contributed by atoms with E-state index in [-0.39, 0.29) is 17.4 Å². The molecule has 1 rings (SSSR count). The number of carbonyl (C=O) groups is 1. The van der Waals surface area contributed by atoms with Crippen molar-refractivity contribution in [2.75, 3.05) is 18.9 Å². The molecule has 0 saturated carbocycles. The van der Waals surface area contributed by atoms with Gasteiger partial charge in [-0.05, 0) is 31.0 Å². The zero-order chi connectivity index (χ0) is 13.5. The first kappa shape index (κ1) is 14.8. The molecule has 0 bridgehead atoms. The van der Waals surface area contributed by atoms with Gasteiger partial charge in [0.15, 0.2) is 11.5 Å². The number of phenols is 2. The Kier molecular flexibility index (Phi) is 5.98. The summed E-state index contributed by atoms with van der Waals surface area (Å²) in [5.74, 6) is -0.635. The van der Waals surface area contributed by atoms with Gasteiger partial charge in [0.25, 0.3) is 5.91 Å². The van der Waals surface area contributed by atoms with E-state index in [0.29, 0.717) is 12.1 Å². The highest BCUT2D eigenvalue weighted by Gasteiger charge is 2.13. The molecule has 18 heavy (non-hydrogen) atoms. The van der Waals surface area contributed by atoms with Crippen LogP contribution in [0.4, 0.5) is 0 Å². The summed E-state index contributed by atoms with van der Waals surface area (Å²) in [4.78, 5) is 13.6. The molecule has 1 aromatic carbocycles. The number of amides is 1. The first-order valence-corrected chi connectivity index (χ1v) is 7.02. The lowest BCUT2D eigenvalue weighted by Gasteiger charge is -2.17. The number of alkyl halides is 1. The maximum absolute atomic E-state index is 12.0. The molecule has 0 atom stereocenters. The zero-order valence-corrected chi connectivity index (χ0v) is 12.0. The van der Waals surface area contributed by atoms with E-state index in [1.807, 2.05) is 0 Å². The lowest BCUT2D eigenvalue weighted by molar-refractivity contribution is 0.0792. The van der Waals surface area contributed by atoms with Crippen molar-refractivity contribution in [3.8, 4) is 11.5 Å². The molecule has 100 valence electrons. The molecule has 4 nitrogen and oxygen atoms in total. The fraction of sp³-hybridized carbons (Fsp3) is 0.462. The predicted octanol–water partition coefficient (Wildman–Crippen LogP) is 2.74. The van der Waals surface area contributed by atoms with E-state index in [2.05, 4.69) is 15.9 Å². The van der Waals surface area contributed by atoms with E-state index >= 15 is 0 Å². The summed E-state index contributed by atoms with van der Waals surface area (Å²) in [6, 6.07) is 4.11. The molecule has 0 aliphatic heterocycles. The number of rotatable bonds is 6. The van der Waals surface area contributed by atoms with Gasteiger partial charge in [0.05, 0.1) is 0 Å². The minimum Gasteiger partial charge on any atom is -0.504 e. The number of benzene rings is 1. The Labute approximate surface area is 115 Å². The van der Waals surface area contributed by atoms with Crippen molar-refractivity contribution in [1.29, 1.82) is 0 Å². The fourth-order valence-corrected chi connectivity index (χ4v) is 2.00. The molecule has 5 heteroatoms. The summed E-state index contributed by atoms with van der Waals surface area (Å²) in [6.45, 7) is 0.688. The van der Waals surface area contributed by atoms with Crippen LogP contribution < -0.4 is 0 Å². The van der Waals surface area contributed by atoms with Crippen LogP contribution in [-0.4, -0.2) is 39.9 Å². The van der Waals surface area contributed by atoms with Crippen LogP contribution in [0.1, 0.15) is 29.6 Å². The molecule has 0 aliphatic carbocycles. The van der Waals surface area contributed by atoms with Gasteiger partial charge in [-0.1, -0.05) is 22.4 Å². The maximum Gasteiger partial charge on any atom is 0.253 e. The third-order valence-corrected chi connectivity index (χ3v) is 3.26. The highest BCUT2D eigenvalue weighted by Crippen LogP contribution is 2.25. The molecule has 0 unspecified atom stereocenters. The SMILES string of the molecule is CN(CCCCCBr)C(=O)c1ccc(O)c(O)c1. The van der Waals surface area contributed by atoms with E-state index in [1.54, 1.807) is 11.9 Å². The minimum atomic E-state index is -0.270. The molecule has 0 spiro atoms. The lowest BCUT2D eigenvalue weighted by Crippen LogP contribution is -2.27. The van der Waals surface area contributed by atoms with E-state index in [4.69, 9.17) is 0 Å². The molecule has 0 heterocycles. The van der Waals surface area contributed by atoms with Crippen molar-refractivity contribution in [2.45, 2.75) is 19.3 Å². The van der Waals surface area contributed by atoms with E-state index < -0.39 is 0 Å². The van der Waals surface area contributed by atoms with Gasteiger partial charge in [-0.15, -0.1) is 0 Å². The number of phenolic OH excluding ortho intramolecular Hbond substituents is 2. The summed E-state index contributed by atoms with van der Waals surface area (Å²) in [5, 5.41) is 19.5. The van der Waals surface area contributed by atoms with Crippen LogP contribution in [0.5, 0.6) is 11.5 Å². The second kappa shape index (κ2) is 7.26. The number of hydrogen-bond donors (Lipinski definition) is 2. The normalized spacial score (nSPS) is 10.3. The Morgan fingerprint density at radius 3 is 2.56 bits per heavy atom. The van der Waals surface area contributed by atoms with E-state index in [9.17, 15) is 15.0 Å². The maximum atomic E-state index is 12.0. The van der Waals surface area contributed by atoms with Gasteiger partial charge in [0.2, 0.25) is 0 Å². The molecule has 0 aliphatic rings. The Hall–Kier alpha value is -1.23. The van der Waals surface area contributed by atoms with Crippen molar-refractivity contribution in [3.63, 3.8) is 0 Å². The van der Waals surface area contributed by atoms with Crippen LogP contribution in [0.25, 0.3) is 0 Å². The number of halogens is 1. The van der Waals surface area contributed by atoms with Crippen molar-refractivity contribution in [1.82, 2.24) is 4.90 Å².